The zero-order chi connectivity index (χ0) is 15.0. The van der Waals surface area contributed by atoms with E-state index >= 15 is 0 Å². The molecule has 1 fully saturated rings. The number of carbonyl (C=O) groups is 1. The lowest BCUT2D eigenvalue weighted by atomic mass is 10.1. The normalized spacial score (nSPS) is 18.2. The SMILES string of the molecule is Nc1cc(C(=O)N2CCCC2c2ccsc2)c(F)cc1F. The summed E-state index contributed by atoms with van der Waals surface area (Å²) in [6.45, 7) is 0.566. The van der Waals surface area contributed by atoms with E-state index in [1.54, 1.807) is 16.2 Å². The molecular weight excluding hydrogens is 294 g/mol. The summed E-state index contributed by atoms with van der Waals surface area (Å²) in [6.07, 6.45) is 1.71. The molecule has 1 aromatic carbocycles. The van der Waals surface area contributed by atoms with Crippen LogP contribution >= 0.6 is 11.3 Å². The summed E-state index contributed by atoms with van der Waals surface area (Å²) in [7, 11) is 0. The van der Waals surface area contributed by atoms with Gasteiger partial charge in [0.15, 0.2) is 0 Å². The molecule has 1 aliphatic heterocycles. The Morgan fingerprint density at radius 3 is 2.86 bits per heavy atom. The lowest BCUT2D eigenvalue weighted by Crippen LogP contribution is -2.31. The van der Waals surface area contributed by atoms with Crippen molar-refractivity contribution in [1.82, 2.24) is 4.90 Å². The van der Waals surface area contributed by atoms with Gasteiger partial charge in [-0.1, -0.05) is 0 Å². The van der Waals surface area contributed by atoms with Gasteiger partial charge in [-0.25, -0.2) is 8.78 Å². The van der Waals surface area contributed by atoms with Gasteiger partial charge in [0.2, 0.25) is 0 Å². The maximum absolute atomic E-state index is 13.9. The predicted octanol–water partition coefficient (Wildman–Crippen LogP) is 3.59. The third-order valence-electron chi connectivity index (χ3n) is 3.76. The Morgan fingerprint density at radius 1 is 1.33 bits per heavy atom. The molecule has 0 bridgehead atoms. The molecule has 6 heteroatoms. The van der Waals surface area contributed by atoms with Crippen molar-refractivity contribution in [2.24, 2.45) is 0 Å². The van der Waals surface area contributed by atoms with Crippen molar-refractivity contribution in [3.8, 4) is 0 Å². The maximum atomic E-state index is 13.9. The summed E-state index contributed by atoms with van der Waals surface area (Å²) < 4.78 is 27.1. The van der Waals surface area contributed by atoms with Gasteiger partial charge in [0, 0.05) is 12.6 Å². The number of nitrogens with zero attached hydrogens (tertiary/aromatic N) is 1. The molecule has 1 atom stereocenters. The second-order valence-electron chi connectivity index (χ2n) is 5.07. The van der Waals surface area contributed by atoms with Crippen LogP contribution in [0.3, 0.4) is 0 Å². The average molecular weight is 308 g/mol. The third kappa shape index (κ3) is 2.51. The minimum absolute atomic E-state index is 0.0468. The zero-order valence-electron chi connectivity index (χ0n) is 11.2. The molecule has 1 saturated heterocycles. The van der Waals surface area contributed by atoms with E-state index in [0.29, 0.717) is 12.6 Å². The fraction of sp³-hybridized carbons (Fsp3) is 0.267. The number of amides is 1. The van der Waals surface area contributed by atoms with Gasteiger partial charge in [0.1, 0.15) is 11.6 Å². The summed E-state index contributed by atoms with van der Waals surface area (Å²) in [5.74, 6) is -2.16. The number of hydrogen-bond donors (Lipinski definition) is 1. The largest absolute Gasteiger partial charge is 0.396 e. The second-order valence-corrected chi connectivity index (χ2v) is 5.85. The quantitative estimate of drug-likeness (QED) is 0.862. The first-order chi connectivity index (χ1) is 10.1. The molecule has 3 rings (SSSR count). The number of likely N-dealkylation sites (tertiary alicyclic amines) is 1. The Labute approximate surface area is 125 Å². The summed E-state index contributed by atoms with van der Waals surface area (Å²) in [5, 5.41) is 3.94. The zero-order valence-corrected chi connectivity index (χ0v) is 12.0. The van der Waals surface area contributed by atoms with Crippen molar-refractivity contribution in [2.75, 3.05) is 12.3 Å². The molecule has 0 saturated carbocycles. The molecule has 0 radical (unpaired) electrons. The Hall–Kier alpha value is -1.95. The van der Waals surface area contributed by atoms with E-state index < -0.39 is 17.5 Å². The highest BCUT2D eigenvalue weighted by Crippen LogP contribution is 2.34. The Morgan fingerprint density at radius 2 is 2.14 bits per heavy atom. The minimum atomic E-state index is -0.873. The first kappa shape index (κ1) is 14.0. The highest BCUT2D eigenvalue weighted by Gasteiger charge is 2.32. The first-order valence-corrected chi connectivity index (χ1v) is 7.60. The fourth-order valence-corrected chi connectivity index (χ4v) is 3.41. The first-order valence-electron chi connectivity index (χ1n) is 6.65. The number of hydrogen-bond acceptors (Lipinski definition) is 3. The molecular formula is C15H14F2N2OS. The molecule has 0 spiro atoms. The van der Waals surface area contributed by atoms with Gasteiger partial charge in [0.25, 0.3) is 5.91 Å². The maximum Gasteiger partial charge on any atom is 0.257 e. The molecule has 1 unspecified atom stereocenters. The molecule has 2 aromatic rings. The van der Waals surface area contributed by atoms with Crippen LogP contribution in [0.2, 0.25) is 0 Å². The highest BCUT2D eigenvalue weighted by atomic mass is 32.1. The van der Waals surface area contributed by atoms with E-state index in [1.165, 1.54) is 0 Å². The van der Waals surface area contributed by atoms with Crippen LogP contribution in [0.15, 0.2) is 29.0 Å². The van der Waals surface area contributed by atoms with Crippen LogP contribution in [-0.4, -0.2) is 17.4 Å². The number of halogens is 2. The molecule has 2 N–H and O–H groups in total. The number of anilines is 1. The highest BCUT2D eigenvalue weighted by molar-refractivity contribution is 7.07. The average Bonchev–Trinajstić information content (AvgIpc) is 3.11. The van der Waals surface area contributed by atoms with E-state index in [1.807, 2.05) is 16.8 Å². The topological polar surface area (TPSA) is 46.3 Å². The van der Waals surface area contributed by atoms with E-state index in [0.717, 1.165) is 24.5 Å². The van der Waals surface area contributed by atoms with Crippen molar-refractivity contribution in [3.63, 3.8) is 0 Å². The van der Waals surface area contributed by atoms with Gasteiger partial charge >= 0.3 is 0 Å². The minimum Gasteiger partial charge on any atom is -0.396 e. The van der Waals surface area contributed by atoms with E-state index in [9.17, 15) is 13.6 Å². The smallest absolute Gasteiger partial charge is 0.257 e. The molecule has 110 valence electrons. The Kier molecular flexibility index (Phi) is 3.63. The monoisotopic (exact) mass is 308 g/mol. The summed E-state index contributed by atoms with van der Waals surface area (Å²) >= 11 is 1.56. The number of carbonyl (C=O) groups excluding carboxylic acids is 1. The molecule has 21 heavy (non-hydrogen) atoms. The molecule has 0 aliphatic carbocycles. The van der Waals surface area contributed by atoms with Gasteiger partial charge in [-0.3, -0.25) is 4.79 Å². The second kappa shape index (κ2) is 5.44. The molecule has 3 nitrogen and oxygen atoms in total. The van der Waals surface area contributed by atoms with Gasteiger partial charge in [-0.05, 0) is 41.3 Å². The molecule has 1 aromatic heterocycles. The van der Waals surface area contributed by atoms with Gasteiger partial charge < -0.3 is 10.6 Å². The van der Waals surface area contributed by atoms with Gasteiger partial charge in [-0.15, -0.1) is 0 Å². The fourth-order valence-electron chi connectivity index (χ4n) is 2.71. The van der Waals surface area contributed by atoms with Crippen molar-refractivity contribution in [1.29, 1.82) is 0 Å². The van der Waals surface area contributed by atoms with Crippen LogP contribution in [0.1, 0.15) is 34.8 Å². The number of thiophene rings is 1. The number of nitrogens with two attached hydrogens (primary N) is 1. The van der Waals surface area contributed by atoms with Crippen LogP contribution in [0, 0.1) is 11.6 Å². The third-order valence-corrected chi connectivity index (χ3v) is 4.46. The van der Waals surface area contributed by atoms with Crippen LogP contribution in [0.5, 0.6) is 0 Å². The van der Waals surface area contributed by atoms with E-state index in [4.69, 9.17) is 5.73 Å². The Bertz CT molecular complexity index is 673. The summed E-state index contributed by atoms with van der Waals surface area (Å²) in [4.78, 5) is 14.2. The van der Waals surface area contributed by atoms with Crippen molar-refractivity contribution in [3.05, 3.63) is 51.7 Å². The molecule has 1 aliphatic rings. The van der Waals surface area contributed by atoms with Crippen LogP contribution < -0.4 is 5.73 Å². The van der Waals surface area contributed by atoms with Crippen LogP contribution in [0.25, 0.3) is 0 Å². The van der Waals surface area contributed by atoms with Crippen molar-refractivity contribution < 1.29 is 13.6 Å². The number of benzene rings is 1. The summed E-state index contributed by atoms with van der Waals surface area (Å²) in [5.41, 5.74) is 6.11. The van der Waals surface area contributed by atoms with Crippen molar-refractivity contribution in [2.45, 2.75) is 18.9 Å². The number of nitrogen functional groups attached to an aromatic ring is 1. The molecule has 2 heterocycles. The van der Waals surface area contributed by atoms with Crippen LogP contribution in [-0.2, 0) is 0 Å². The summed E-state index contributed by atoms with van der Waals surface area (Å²) in [6, 6.07) is 3.67. The van der Waals surface area contributed by atoms with E-state index in [2.05, 4.69) is 0 Å². The van der Waals surface area contributed by atoms with Gasteiger partial charge in [-0.2, -0.15) is 11.3 Å². The van der Waals surface area contributed by atoms with Crippen molar-refractivity contribution >= 4 is 22.9 Å². The lowest BCUT2D eigenvalue weighted by Gasteiger charge is -2.24. The Balaban J connectivity index is 1.93. The van der Waals surface area contributed by atoms with E-state index in [-0.39, 0.29) is 17.3 Å². The predicted molar refractivity (Wildman–Crippen MR) is 78.1 cm³/mol. The standard InChI is InChI=1S/C15H14F2N2OS/c16-11-7-12(17)13(18)6-10(11)15(20)19-4-1-2-14(19)9-3-5-21-8-9/h3,5-8,14H,1-2,4,18H2. The number of rotatable bonds is 2. The lowest BCUT2D eigenvalue weighted by molar-refractivity contribution is 0.0731. The molecule has 1 amide bonds. The van der Waals surface area contributed by atoms with Crippen LogP contribution in [0.4, 0.5) is 14.5 Å². The van der Waals surface area contributed by atoms with Gasteiger partial charge in [0.05, 0.1) is 17.3 Å².